The van der Waals surface area contributed by atoms with Crippen LogP contribution >= 0.6 is 11.6 Å². The van der Waals surface area contributed by atoms with Crippen LogP contribution in [0.5, 0.6) is 0 Å². The molecule has 31 heavy (non-hydrogen) atoms. The van der Waals surface area contributed by atoms with Gasteiger partial charge >= 0.3 is 0 Å². The molecule has 0 fully saturated rings. The molecule has 4 rings (SSSR count). The molecule has 3 aromatic rings. The third-order valence-electron chi connectivity index (χ3n) is 4.99. The normalized spacial score (nSPS) is 13.8. The third-order valence-corrected chi connectivity index (χ3v) is 5.22. The van der Waals surface area contributed by atoms with E-state index in [1.807, 2.05) is 0 Å². The summed E-state index contributed by atoms with van der Waals surface area (Å²) in [6.45, 7) is 1.38. The molecule has 0 radical (unpaired) electrons. The number of nitro benzene ring substituents is 1. The number of halogens is 1. The van der Waals surface area contributed by atoms with Gasteiger partial charge in [-0.3, -0.25) is 29.4 Å². The van der Waals surface area contributed by atoms with E-state index in [0.717, 1.165) is 11.0 Å². The minimum atomic E-state index is -1.21. The van der Waals surface area contributed by atoms with Crippen molar-refractivity contribution in [1.29, 1.82) is 0 Å². The molecule has 10 heteroatoms. The van der Waals surface area contributed by atoms with Crippen molar-refractivity contribution in [1.82, 2.24) is 9.47 Å². The smallest absolute Gasteiger partial charge is 0.282 e. The van der Waals surface area contributed by atoms with E-state index in [4.69, 9.17) is 11.6 Å². The van der Waals surface area contributed by atoms with Gasteiger partial charge in [-0.25, -0.2) is 0 Å². The maximum atomic E-state index is 12.9. The van der Waals surface area contributed by atoms with Crippen molar-refractivity contribution in [3.05, 3.63) is 87.2 Å². The summed E-state index contributed by atoms with van der Waals surface area (Å²) in [5.41, 5.74) is 0.129. The van der Waals surface area contributed by atoms with Gasteiger partial charge < -0.3 is 9.88 Å². The molecule has 1 aliphatic heterocycles. The topological polar surface area (TPSA) is 115 Å². The number of anilines is 1. The molecule has 0 aliphatic carbocycles. The van der Waals surface area contributed by atoms with E-state index in [0.29, 0.717) is 16.4 Å². The minimum absolute atomic E-state index is 0.0987. The highest BCUT2D eigenvalue weighted by molar-refractivity contribution is 6.31. The number of rotatable bonds is 5. The molecule has 3 amide bonds. The maximum Gasteiger partial charge on any atom is 0.282 e. The third kappa shape index (κ3) is 3.44. The van der Waals surface area contributed by atoms with Crippen LogP contribution in [0.4, 0.5) is 11.4 Å². The standard InChI is InChI=1S/C21H15ClN4O5/c1-12(25-20(28)14-5-4-6-16(26(30)31)18(14)21(25)29)19(27)23-15-8-7-13(22)11-17(15)24-9-2-3-10-24/h2-12H,1H3,(H,23,27). The zero-order valence-corrected chi connectivity index (χ0v) is 16.9. The molecule has 1 unspecified atom stereocenters. The number of nitrogens with zero attached hydrogens (tertiary/aromatic N) is 3. The molecule has 1 aromatic heterocycles. The summed E-state index contributed by atoms with van der Waals surface area (Å²) in [5.74, 6) is -2.27. The second-order valence-electron chi connectivity index (χ2n) is 6.85. The monoisotopic (exact) mass is 438 g/mol. The molecular formula is C21H15ClN4O5. The lowest BCUT2D eigenvalue weighted by Crippen LogP contribution is -2.45. The van der Waals surface area contributed by atoms with Gasteiger partial charge in [0.25, 0.3) is 17.5 Å². The zero-order chi connectivity index (χ0) is 22.3. The van der Waals surface area contributed by atoms with Crippen molar-refractivity contribution >= 4 is 40.7 Å². The van der Waals surface area contributed by atoms with Crippen molar-refractivity contribution < 1.29 is 19.3 Å². The quantitative estimate of drug-likeness (QED) is 0.371. The fraction of sp³-hybridized carbons (Fsp3) is 0.0952. The van der Waals surface area contributed by atoms with Gasteiger partial charge in [0.15, 0.2) is 0 Å². The summed E-state index contributed by atoms with van der Waals surface area (Å²) in [6.07, 6.45) is 3.54. The summed E-state index contributed by atoms with van der Waals surface area (Å²) in [5, 5.41) is 14.4. The molecule has 1 aliphatic rings. The SMILES string of the molecule is CC(C(=O)Nc1ccc(Cl)cc1-n1cccc1)N1C(=O)c2cccc([N+](=O)[O-])c2C1=O. The summed E-state index contributed by atoms with van der Waals surface area (Å²) in [7, 11) is 0. The van der Waals surface area contributed by atoms with Crippen molar-refractivity contribution in [3.8, 4) is 5.69 Å². The zero-order valence-electron chi connectivity index (χ0n) is 16.1. The summed E-state index contributed by atoms with van der Waals surface area (Å²) in [6, 6.07) is 11.1. The first kappa shape index (κ1) is 20.3. The number of hydrogen-bond donors (Lipinski definition) is 1. The summed E-state index contributed by atoms with van der Waals surface area (Å²) in [4.78, 5) is 49.8. The fourth-order valence-electron chi connectivity index (χ4n) is 3.46. The Kier molecular flexibility index (Phi) is 5.04. The first-order valence-corrected chi connectivity index (χ1v) is 9.56. The van der Waals surface area contributed by atoms with Crippen LogP contribution in [-0.4, -0.2) is 38.2 Å². The lowest BCUT2D eigenvalue weighted by Gasteiger charge is -2.22. The van der Waals surface area contributed by atoms with E-state index in [-0.39, 0.29) is 11.1 Å². The Balaban J connectivity index is 1.63. The molecule has 0 bridgehead atoms. The number of hydrogen-bond acceptors (Lipinski definition) is 5. The predicted octanol–water partition coefficient (Wildman–Crippen LogP) is 3.66. The van der Waals surface area contributed by atoms with Gasteiger partial charge in [-0.05, 0) is 43.3 Å². The lowest BCUT2D eigenvalue weighted by molar-refractivity contribution is -0.385. The van der Waals surface area contributed by atoms with Crippen molar-refractivity contribution in [3.63, 3.8) is 0 Å². The summed E-state index contributed by atoms with van der Waals surface area (Å²) < 4.78 is 1.75. The molecule has 0 saturated carbocycles. The lowest BCUT2D eigenvalue weighted by atomic mass is 10.1. The van der Waals surface area contributed by atoms with Gasteiger partial charge in [0.05, 0.1) is 21.9 Å². The van der Waals surface area contributed by atoms with E-state index >= 15 is 0 Å². The average Bonchev–Trinajstić information content (AvgIpc) is 3.36. The molecule has 9 nitrogen and oxygen atoms in total. The van der Waals surface area contributed by atoms with Crippen LogP contribution in [-0.2, 0) is 4.79 Å². The maximum absolute atomic E-state index is 12.9. The van der Waals surface area contributed by atoms with Gasteiger partial charge in [0.1, 0.15) is 11.6 Å². The van der Waals surface area contributed by atoms with Crippen LogP contribution in [0, 0.1) is 10.1 Å². The highest BCUT2D eigenvalue weighted by atomic mass is 35.5. The van der Waals surface area contributed by atoms with Crippen molar-refractivity contribution in [2.45, 2.75) is 13.0 Å². The van der Waals surface area contributed by atoms with E-state index in [1.54, 1.807) is 47.3 Å². The second kappa shape index (κ2) is 7.69. The van der Waals surface area contributed by atoms with Gasteiger partial charge in [0, 0.05) is 23.5 Å². The Morgan fingerprint density at radius 1 is 1.10 bits per heavy atom. The molecule has 2 aromatic carbocycles. The van der Waals surface area contributed by atoms with Crippen LogP contribution in [0.25, 0.3) is 5.69 Å². The van der Waals surface area contributed by atoms with E-state index in [9.17, 15) is 24.5 Å². The van der Waals surface area contributed by atoms with Crippen LogP contribution in [0.3, 0.4) is 0 Å². The molecular weight excluding hydrogens is 424 g/mol. The van der Waals surface area contributed by atoms with Crippen molar-refractivity contribution in [2.75, 3.05) is 5.32 Å². The molecule has 1 N–H and O–H groups in total. The van der Waals surface area contributed by atoms with Crippen LogP contribution in [0.15, 0.2) is 60.9 Å². The summed E-state index contributed by atoms with van der Waals surface area (Å²) >= 11 is 6.09. The Morgan fingerprint density at radius 3 is 2.48 bits per heavy atom. The molecule has 2 heterocycles. The molecule has 156 valence electrons. The van der Waals surface area contributed by atoms with E-state index in [2.05, 4.69) is 5.32 Å². The Labute approximate surface area is 181 Å². The number of nitrogens with one attached hydrogen (secondary N) is 1. The minimum Gasteiger partial charge on any atom is -0.322 e. The predicted molar refractivity (Wildman–Crippen MR) is 112 cm³/mol. The van der Waals surface area contributed by atoms with Crippen LogP contribution in [0.2, 0.25) is 5.02 Å². The first-order valence-electron chi connectivity index (χ1n) is 9.18. The number of benzene rings is 2. The van der Waals surface area contributed by atoms with Gasteiger partial charge in [-0.2, -0.15) is 0 Å². The highest BCUT2D eigenvalue weighted by Gasteiger charge is 2.44. The van der Waals surface area contributed by atoms with E-state index < -0.39 is 34.4 Å². The molecule has 0 saturated heterocycles. The van der Waals surface area contributed by atoms with Crippen LogP contribution < -0.4 is 5.32 Å². The number of carbonyl (C=O) groups is 3. The number of amides is 3. The Hall–Kier alpha value is -3.98. The van der Waals surface area contributed by atoms with Crippen molar-refractivity contribution in [2.24, 2.45) is 0 Å². The average molecular weight is 439 g/mol. The Morgan fingerprint density at radius 2 is 1.81 bits per heavy atom. The van der Waals surface area contributed by atoms with E-state index in [1.165, 1.54) is 19.1 Å². The second-order valence-corrected chi connectivity index (χ2v) is 7.29. The molecule has 0 spiro atoms. The largest absolute Gasteiger partial charge is 0.322 e. The Bertz CT molecular complexity index is 1240. The fourth-order valence-corrected chi connectivity index (χ4v) is 3.63. The highest BCUT2D eigenvalue weighted by Crippen LogP contribution is 2.32. The van der Waals surface area contributed by atoms with Gasteiger partial charge in [-0.15, -0.1) is 0 Å². The van der Waals surface area contributed by atoms with Gasteiger partial charge in [-0.1, -0.05) is 17.7 Å². The molecule has 1 atom stereocenters. The first-order chi connectivity index (χ1) is 14.8. The number of nitro groups is 1. The number of imide groups is 1. The number of aromatic nitrogens is 1. The number of fused-ring (bicyclic) bond motifs is 1. The number of carbonyl (C=O) groups excluding carboxylic acids is 3. The van der Waals surface area contributed by atoms with Gasteiger partial charge in [0.2, 0.25) is 5.91 Å². The van der Waals surface area contributed by atoms with Crippen LogP contribution in [0.1, 0.15) is 27.6 Å².